The predicted octanol–water partition coefficient (Wildman–Crippen LogP) is 5.77. The lowest BCUT2D eigenvalue weighted by Crippen LogP contribution is -2.23. The quantitative estimate of drug-likeness (QED) is 0.228. The minimum absolute atomic E-state index is 0.218. The number of benzene rings is 3. The number of rotatable bonds is 14. The highest BCUT2D eigenvalue weighted by atomic mass is 16.6. The molecular formula is C32H34O10. The first-order valence-electron chi connectivity index (χ1n) is 12.9. The Kier molecular flexibility index (Phi) is 10.8. The van der Waals surface area contributed by atoms with Crippen LogP contribution in [0.15, 0.2) is 48.5 Å². The lowest BCUT2D eigenvalue weighted by atomic mass is 10.1. The second-order valence-electron chi connectivity index (χ2n) is 9.04. The summed E-state index contributed by atoms with van der Waals surface area (Å²) in [5.41, 5.74) is 3.44. The molecule has 0 fully saturated rings. The van der Waals surface area contributed by atoms with Crippen LogP contribution >= 0.6 is 0 Å². The SMILES string of the molecule is COc1cc(/C=C/c2ccc(/C=C/c3cc(OC)c(OC(C)C(=O)O)c(OC)c3)cc2)cc(OC)c1OC(C)C(=O)O. The molecule has 0 heterocycles. The van der Waals surface area contributed by atoms with Crippen molar-refractivity contribution < 1.29 is 48.2 Å². The van der Waals surface area contributed by atoms with Gasteiger partial charge in [-0.3, -0.25) is 0 Å². The van der Waals surface area contributed by atoms with Gasteiger partial charge in [0.1, 0.15) is 0 Å². The minimum Gasteiger partial charge on any atom is -0.493 e. The van der Waals surface area contributed by atoms with Crippen LogP contribution in [0, 0.1) is 0 Å². The van der Waals surface area contributed by atoms with Gasteiger partial charge in [0.25, 0.3) is 0 Å². The Hall–Kier alpha value is -5.12. The number of ether oxygens (including phenoxy) is 6. The molecule has 0 amide bonds. The van der Waals surface area contributed by atoms with Crippen LogP contribution in [0.3, 0.4) is 0 Å². The van der Waals surface area contributed by atoms with Gasteiger partial charge in [-0.25, -0.2) is 9.59 Å². The molecule has 2 atom stereocenters. The maximum atomic E-state index is 11.2. The molecule has 2 unspecified atom stereocenters. The number of carboxylic acids is 2. The van der Waals surface area contributed by atoms with Crippen LogP contribution in [-0.2, 0) is 9.59 Å². The molecule has 222 valence electrons. The van der Waals surface area contributed by atoms with Crippen molar-refractivity contribution in [3.63, 3.8) is 0 Å². The van der Waals surface area contributed by atoms with Gasteiger partial charge in [0.15, 0.2) is 35.2 Å². The molecular weight excluding hydrogens is 544 g/mol. The summed E-state index contributed by atoms with van der Waals surface area (Å²) < 4.78 is 32.7. The van der Waals surface area contributed by atoms with Crippen LogP contribution in [0.5, 0.6) is 34.5 Å². The number of carboxylic acid groups (broad SMARTS) is 2. The van der Waals surface area contributed by atoms with Crippen molar-refractivity contribution in [1.82, 2.24) is 0 Å². The molecule has 3 rings (SSSR count). The zero-order chi connectivity index (χ0) is 30.8. The Labute approximate surface area is 244 Å². The fourth-order valence-electron chi connectivity index (χ4n) is 3.78. The highest BCUT2D eigenvalue weighted by molar-refractivity contribution is 5.77. The fraction of sp³-hybridized carbons (Fsp3) is 0.250. The molecule has 10 heteroatoms. The van der Waals surface area contributed by atoms with E-state index < -0.39 is 24.1 Å². The molecule has 0 spiro atoms. The molecule has 2 N–H and O–H groups in total. The highest BCUT2D eigenvalue weighted by Crippen LogP contribution is 2.41. The van der Waals surface area contributed by atoms with E-state index in [4.69, 9.17) is 28.4 Å². The van der Waals surface area contributed by atoms with Gasteiger partial charge in [0.2, 0.25) is 11.5 Å². The molecule has 0 aliphatic heterocycles. The average molecular weight is 579 g/mol. The van der Waals surface area contributed by atoms with Gasteiger partial charge in [-0.05, 0) is 60.4 Å². The van der Waals surface area contributed by atoms with Gasteiger partial charge in [-0.1, -0.05) is 48.6 Å². The fourth-order valence-corrected chi connectivity index (χ4v) is 3.78. The smallest absolute Gasteiger partial charge is 0.344 e. The first kappa shape index (κ1) is 31.4. The Balaban J connectivity index is 1.78. The van der Waals surface area contributed by atoms with E-state index in [2.05, 4.69) is 0 Å². The van der Waals surface area contributed by atoms with Crippen molar-refractivity contribution in [2.24, 2.45) is 0 Å². The van der Waals surface area contributed by atoms with Crippen molar-refractivity contribution in [1.29, 1.82) is 0 Å². The van der Waals surface area contributed by atoms with E-state index in [1.807, 2.05) is 48.6 Å². The predicted molar refractivity (Wildman–Crippen MR) is 159 cm³/mol. The molecule has 0 saturated carbocycles. The Bertz CT molecular complexity index is 1300. The third-order valence-electron chi connectivity index (χ3n) is 6.12. The first-order valence-corrected chi connectivity index (χ1v) is 12.9. The number of hydrogen-bond acceptors (Lipinski definition) is 8. The first-order chi connectivity index (χ1) is 20.1. The van der Waals surface area contributed by atoms with Gasteiger partial charge in [-0.15, -0.1) is 0 Å². The monoisotopic (exact) mass is 578 g/mol. The van der Waals surface area contributed by atoms with E-state index in [9.17, 15) is 19.8 Å². The van der Waals surface area contributed by atoms with E-state index in [0.29, 0.717) is 23.0 Å². The van der Waals surface area contributed by atoms with Crippen LogP contribution in [-0.4, -0.2) is 62.8 Å². The maximum Gasteiger partial charge on any atom is 0.344 e. The Morgan fingerprint density at radius 3 is 1.05 bits per heavy atom. The molecule has 0 aliphatic carbocycles. The lowest BCUT2D eigenvalue weighted by Gasteiger charge is -2.17. The minimum atomic E-state index is -1.10. The summed E-state index contributed by atoms with van der Waals surface area (Å²) in [7, 11) is 5.89. The van der Waals surface area contributed by atoms with E-state index >= 15 is 0 Å². The lowest BCUT2D eigenvalue weighted by molar-refractivity contribution is -0.145. The molecule has 3 aromatic carbocycles. The standard InChI is InChI=1S/C32H34O10/c1-19(31(33)34)41-29-25(37-3)15-23(16-26(29)38-4)13-11-21-7-9-22(10-8-21)12-14-24-17-27(39-5)30(28(18-24)40-6)42-20(2)32(35)36/h7-20H,1-6H3,(H,33,34)(H,35,36)/b13-11+,14-12+. The van der Waals surface area contributed by atoms with Crippen LogP contribution in [0.25, 0.3) is 24.3 Å². The number of hydrogen-bond donors (Lipinski definition) is 2. The van der Waals surface area contributed by atoms with Gasteiger partial charge < -0.3 is 38.6 Å². The number of carbonyl (C=O) groups is 2. The summed E-state index contributed by atoms with van der Waals surface area (Å²) in [6.07, 6.45) is 5.46. The molecule has 0 radical (unpaired) electrons. The van der Waals surface area contributed by atoms with E-state index in [1.165, 1.54) is 42.3 Å². The zero-order valence-electron chi connectivity index (χ0n) is 24.2. The maximum absolute atomic E-state index is 11.2. The van der Waals surface area contributed by atoms with Crippen LogP contribution in [0.1, 0.15) is 36.1 Å². The second-order valence-corrected chi connectivity index (χ2v) is 9.04. The number of methoxy groups -OCH3 is 4. The molecule has 3 aromatic rings. The summed E-state index contributed by atoms with van der Waals surface area (Å²) in [5, 5.41) is 18.4. The van der Waals surface area contributed by atoms with Gasteiger partial charge in [-0.2, -0.15) is 0 Å². The van der Waals surface area contributed by atoms with Crippen molar-refractivity contribution >= 4 is 36.2 Å². The van der Waals surface area contributed by atoms with E-state index in [-0.39, 0.29) is 11.5 Å². The van der Waals surface area contributed by atoms with Crippen LogP contribution in [0.4, 0.5) is 0 Å². The Morgan fingerprint density at radius 2 is 0.810 bits per heavy atom. The Morgan fingerprint density at radius 1 is 0.548 bits per heavy atom. The van der Waals surface area contributed by atoms with Gasteiger partial charge >= 0.3 is 11.9 Å². The molecule has 0 bridgehead atoms. The van der Waals surface area contributed by atoms with E-state index in [1.54, 1.807) is 24.3 Å². The van der Waals surface area contributed by atoms with Crippen molar-refractivity contribution in [3.8, 4) is 34.5 Å². The summed E-state index contributed by atoms with van der Waals surface area (Å²) in [5.74, 6) is -0.352. The third-order valence-corrected chi connectivity index (χ3v) is 6.12. The van der Waals surface area contributed by atoms with Gasteiger partial charge in [0, 0.05) is 0 Å². The molecule has 0 aliphatic rings. The topological polar surface area (TPSA) is 130 Å². The second kappa shape index (κ2) is 14.5. The van der Waals surface area contributed by atoms with Crippen LogP contribution in [0.2, 0.25) is 0 Å². The third kappa shape index (κ3) is 7.97. The summed E-state index contributed by atoms with van der Waals surface area (Å²) >= 11 is 0. The normalized spacial score (nSPS) is 12.5. The van der Waals surface area contributed by atoms with Crippen LogP contribution < -0.4 is 28.4 Å². The molecule has 10 nitrogen and oxygen atoms in total. The summed E-state index contributed by atoms with van der Waals surface area (Å²) in [6.45, 7) is 2.86. The largest absolute Gasteiger partial charge is 0.493 e. The average Bonchev–Trinajstić information content (AvgIpc) is 2.99. The van der Waals surface area contributed by atoms with E-state index in [0.717, 1.165) is 22.3 Å². The van der Waals surface area contributed by atoms with Crippen molar-refractivity contribution in [2.45, 2.75) is 26.1 Å². The molecule has 0 aromatic heterocycles. The highest BCUT2D eigenvalue weighted by Gasteiger charge is 2.21. The van der Waals surface area contributed by atoms with Crippen molar-refractivity contribution in [3.05, 3.63) is 70.8 Å². The zero-order valence-corrected chi connectivity index (χ0v) is 24.2. The summed E-state index contributed by atoms with van der Waals surface area (Å²) in [4.78, 5) is 22.5. The number of aliphatic carboxylic acids is 2. The van der Waals surface area contributed by atoms with Gasteiger partial charge in [0.05, 0.1) is 28.4 Å². The van der Waals surface area contributed by atoms with Crippen molar-refractivity contribution in [2.75, 3.05) is 28.4 Å². The molecule has 42 heavy (non-hydrogen) atoms. The molecule has 0 saturated heterocycles. The summed E-state index contributed by atoms with van der Waals surface area (Å²) in [6, 6.07) is 14.8.